The molecule has 0 aromatic carbocycles. The molecular formula is C11H22N2O. The molecule has 0 saturated heterocycles. The van der Waals surface area contributed by atoms with Crippen molar-refractivity contribution >= 4 is 5.91 Å². The summed E-state index contributed by atoms with van der Waals surface area (Å²) >= 11 is 0. The van der Waals surface area contributed by atoms with Crippen LogP contribution in [0.2, 0.25) is 0 Å². The topological polar surface area (TPSA) is 46.3 Å². The fourth-order valence-corrected chi connectivity index (χ4v) is 1.50. The van der Waals surface area contributed by atoms with Crippen LogP contribution >= 0.6 is 0 Å². The number of primary amides is 1. The van der Waals surface area contributed by atoms with Crippen molar-refractivity contribution in [2.75, 3.05) is 6.54 Å². The van der Waals surface area contributed by atoms with Crippen molar-refractivity contribution in [1.82, 2.24) is 4.90 Å². The van der Waals surface area contributed by atoms with E-state index in [4.69, 9.17) is 5.73 Å². The van der Waals surface area contributed by atoms with Gasteiger partial charge in [-0.15, -0.1) is 0 Å². The van der Waals surface area contributed by atoms with Crippen molar-refractivity contribution in [3.05, 3.63) is 12.2 Å². The van der Waals surface area contributed by atoms with E-state index < -0.39 is 5.91 Å². The van der Waals surface area contributed by atoms with E-state index in [0.717, 1.165) is 6.54 Å². The van der Waals surface area contributed by atoms with Crippen LogP contribution in [0.25, 0.3) is 0 Å². The van der Waals surface area contributed by atoms with Crippen LogP contribution in [0.15, 0.2) is 12.2 Å². The van der Waals surface area contributed by atoms with E-state index in [1.54, 1.807) is 0 Å². The Hall–Kier alpha value is -0.830. The zero-order chi connectivity index (χ0) is 11.3. The molecule has 82 valence electrons. The lowest BCUT2D eigenvalue weighted by Crippen LogP contribution is -2.38. The van der Waals surface area contributed by atoms with Gasteiger partial charge in [0, 0.05) is 24.2 Å². The Morgan fingerprint density at radius 1 is 1.29 bits per heavy atom. The second kappa shape index (κ2) is 5.81. The van der Waals surface area contributed by atoms with E-state index in [9.17, 15) is 4.79 Å². The maximum atomic E-state index is 10.8. The highest BCUT2D eigenvalue weighted by Crippen LogP contribution is 2.08. The predicted molar refractivity (Wildman–Crippen MR) is 59.9 cm³/mol. The summed E-state index contributed by atoms with van der Waals surface area (Å²) in [5.74, 6) is -0.391. The third-order valence-corrected chi connectivity index (χ3v) is 2.35. The quantitative estimate of drug-likeness (QED) is 0.658. The van der Waals surface area contributed by atoms with Crippen LogP contribution in [-0.2, 0) is 4.79 Å². The zero-order valence-corrected chi connectivity index (χ0v) is 9.71. The molecule has 0 aromatic heterocycles. The highest BCUT2D eigenvalue weighted by molar-refractivity contribution is 5.91. The van der Waals surface area contributed by atoms with E-state index in [1.807, 2.05) is 0 Å². The molecule has 0 rings (SSSR count). The van der Waals surface area contributed by atoms with Crippen LogP contribution in [0.4, 0.5) is 0 Å². The number of carbonyl (C=O) groups excluding carboxylic acids is 1. The average Bonchev–Trinajstić information content (AvgIpc) is 2.02. The van der Waals surface area contributed by atoms with E-state index in [1.165, 1.54) is 0 Å². The minimum absolute atomic E-state index is 0.391. The molecule has 3 heteroatoms. The molecule has 3 nitrogen and oxygen atoms in total. The van der Waals surface area contributed by atoms with Gasteiger partial charge in [0.15, 0.2) is 0 Å². The van der Waals surface area contributed by atoms with Crippen molar-refractivity contribution < 1.29 is 4.79 Å². The van der Waals surface area contributed by atoms with Gasteiger partial charge in [0.1, 0.15) is 0 Å². The van der Waals surface area contributed by atoms with Crippen LogP contribution in [-0.4, -0.2) is 29.4 Å². The molecule has 0 aliphatic heterocycles. The average molecular weight is 198 g/mol. The van der Waals surface area contributed by atoms with Gasteiger partial charge in [-0.3, -0.25) is 9.69 Å². The van der Waals surface area contributed by atoms with Gasteiger partial charge in [0.2, 0.25) is 5.91 Å². The Labute approximate surface area is 87.0 Å². The molecule has 0 radical (unpaired) electrons. The first kappa shape index (κ1) is 13.2. The van der Waals surface area contributed by atoms with Gasteiger partial charge in [0.25, 0.3) is 0 Å². The molecule has 1 amide bonds. The fourth-order valence-electron chi connectivity index (χ4n) is 1.50. The standard InChI is InChI=1S/C11H22N2O/c1-8(2)13(9(3)4)7-6-10(5)11(12)14/h8-9H,5-7H2,1-4H3,(H2,12,14). The van der Waals surface area contributed by atoms with Crippen LogP contribution in [0.5, 0.6) is 0 Å². The highest BCUT2D eigenvalue weighted by atomic mass is 16.1. The summed E-state index contributed by atoms with van der Waals surface area (Å²) in [5, 5.41) is 0. The van der Waals surface area contributed by atoms with Gasteiger partial charge in [0.05, 0.1) is 0 Å². The van der Waals surface area contributed by atoms with Gasteiger partial charge >= 0.3 is 0 Å². The number of amides is 1. The molecule has 0 atom stereocenters. The molecule has 0 spiro atoms. The Balaban J connectivity index is 4.07. The summed E-state index contributed by atoms with van der Waals surface area (Å²) in [5.41, 5.74) is 5.63. The Morgan fingerprint density at radius 2 is 1.71 bits per heavy atom. The molecule has 0 aliphatic rings. The van der Waals surface area contributed by atoms with Gasteiger partial charge in [-0.2, -0.15) is 0 Å². The first-order chi connectivity index (χ1) is 6.36. The molecule has 0 aromatic rings. The van der Waals surface area contributed by atoms with E-state index >= 15 is 0 Å². The van der Waals surface area contributed by atoms with Gasteiger partial charge in [-0.25, -0.2) is 0 Å². The van der Waals surface area contributed by atoms with Crippen molar-refractivity contribution in [2.24, 2.45) is 5.73 Å². The molecule has 0 fully saturated rings. The maximum absolute atomic E-state index is 10.8. The van der Waals surface area contributed by atoms with Crippen molar-refractivity contribution in [3.63, 3.8) is 0 Å². The summed E-state index contributed by atoms with van der Waals surface area (Å²) in [6.07, 6.45) is 0.658. The molecule has 0 unspecified atom stereocenters. The molecule has 14 heavy (non-hydrogen) atoms. The van der Waals surface area contributed by atoms with Crippen LogP contribution in [0, 0.1) is 0 Å². The van der Waals surface area contributed by atoms with Gasteiger partial charge < -0.3 is 5.73 Å². The molecular weight excluding hydrogens is 176 g/mol. The largest absolute Gasteiger partial charge is 0.366 e. The SMILES string of the molecule is C=C(CCN(C(C)C)C(C)C)C(N)=O. The second-order valence-corrected chi connectivity index (χ2v) is 4.14. The fraction of sp³-hybridized carbons (Fsp3) is 0.727. The number of hydrogen-bond donors (Lipinski definition) is 1. The maximum Gasteiger partial charge on any atom is 0.244 e. The predicted octanol–water partition coefficient (Wildman–Crippen LogP) is 1.54. The second-order valence-electron chi connectivity index (χ2n) is 4.14. The molecule has 0 bridgehead atoms. The number of carbonyl (C=O) groups is 1. The van der Waals surface area contributed by atoms with Crippen molar-refractivity contribution in [2.45, 2.75) is 46.2 Å². The number of hydrogen-bond acceptors (Lipinski definition) is 2. The van der Waals surface area contributed by atoms with E-state index in [0.29, 0.717) is 24.1 Å². The molecule has 0 aliphatic carbocycles. The summed E-state index contributed by atoms with van der Waals surface area (Å²) in [7, 11) is 0. The van der Waals surface area contributed by atoms with Gasteiger partial charge in [-0.05, 0) is 34.1 Å². The highest BCUT2D eigenvalue weighted by Gasteiger charge is 2.13. The van der Waals surface area contributed by atoms with Crippen molar-refractivity contribution in [3.8, 4) is 0 Å². The summed E-state index contributed by atoms with van der Waals surface area (Å²) in [4.78, 5) is 13.1. The van der Waals surface area contributed by atoms with Crippen LogP contribution in [0.3, 0.4) is 0 Å². The Bertz CT molecular complexity index is 201. The monoisotopic (exact) mass is 198 g/mol. The molecule has 2 N–H and O–H groups in total. The minimum Gasteiger partial charge on any atom is -0.366 e. The zero-order valence-electron chi connectivity index (χ0n) is 9.71. The summed E-state index contributed by atoms with van der Waals surface area (Å²) in [6, 6.07) is 0.964. The number of nitrogens with zero attached hydrogens (tertiary/aromatic N) is 1. The van der Waals surface area contributed by atoms with Crippen LogP contribution < -0.4 is 5.73 Å². The summed E-state index contributed by atoms with van der Waals surface area (Å²) in [6.45, 7) is 13.1. The first-order valence-electron chi connectivity index (χ1n) is 5.09. The Kier molecular flexibility index (Phi) is 5.46. The van der Waals surface area contributed by atoms with Gasteiger partial charge in [-0.1, -0.05) is 6.58 Å². The third-order valence-electron chi connectivity index (χ3n) is 2.35. The summed E-state index contributed by atoms with van der Waals surface area (Å²) < 4.78 is 0. The smallest absolute Gasteiger partial charge is 0.244 e. The van der Waals surface area contributed by atoms with Crippen molar-refractivity contribution in [1.29, 1.82) is 0 Å². The van der Waals surface area contributed by atoms with Crippen LogP contribution in [0.1, 0.15) is 34.1 Å². The lowest BCUT2D eigenvalue weighted by Gasteiger charge is -2.30. The number of rotatable bonds is 6. The first-order valence-corrected chi connectivity index (χ1v) is 5.09. The lowest BCUT2D eigenvalue weighted by atomic mass is 10.1. The minimum atomic E-state index is -0.391. The van der Waals surface area contributed by atoms with E-state index in [2.05, 4.69) is 39.2 Å². The van der Waals surface area contributed by atoms with E-state index in [-0.39, 0.29) is 0 Å². The number of nitrogens with two attached hydrogens (primary N) is 1. The lowest BCUT2D eigenvalue weighted by molar-refractivity contribution is -0.114. The molecule has 0 heterocycles. The molecule has 0 saturated carbocycles. The normalized spacial score (nSPS) is 11.4. The Morgan fingerprint density at radius 3 is 2.00 bits per heavy atom. The third kappa shape index (κ3) is 4.42.